The van der Waals surface area contributed by atoms with E-state index >= 15 is 0 Å². The monoisotopic (exact) mass is 256 g/mol. The van der Waals surface area contributed by atoms with Crippen molar-refractivity contribution in [2.24, 2.45) is 11.3 Å². The molecule has 0 unspecified atom stereocenters. The van der Waals surface area contributed by atoms with Gasteiger partial charge in [0.15, 0.2) is 0 Å². The average molecular weight is 256 g/mol. The van der Waals surface area contributed by atoms with E-state index in [4.69, 9.17) is 0 Å². The summed E-state index contributed by atoms with van der Waals surface area (Å²) in [4.78, 5) is 14.4. The number of aryl methyl sites for hydroxylation is 1. The lowest BCUT2D eigenvalue weighted by molar-refractivity contribution is -0.131. The maximum absolute atomic E-state index is 12.6. The second-order valence-corrected chi connectivity index (χ2v) is 5.59. The van der Waals surface area contributed by atoms with Crippen LogP contribution in [0, 0.1) is 29.6 Å². The zero-order valence-corrected chi connectivity index (χ0v) is 11.8. The Hall–Kier alpha value is -1.82. The fourth-order valence-corrected chi connectivity index (χ4v) is 2.87. The molecule has 0 spiro atoms. The van der Waals surface area contributed by atoms with Crippen LogP contribution in [0.15, 0.2) is 24.3 Å². The number of hydrogen-bond acceptors (Lipinski definition) is 2. The molecule has 0 aliphatic heterocycles. The number of anilines is 1. The number of benzene rings is 1. The molecular weight excluding hydrogens is 236 g/mol. The van der Waals surface area contributed by atoms with E-state index < -0.39 is 5.41 Å². The van der Waals surface area contributed by atoms with Gasteiger partial charge in [0, 0.05) is 12.2 Å². The number of carbonyl (C=O) groups excluding carboxylic acids is 1. The molecule has 0 N–H and O–H groups in total. The highest BCUT2D eigenvalue weighted by atomic mass is 16.2. The van der Waals surface area contributed by atoms with Crippen molar-refractivity contribution in [3.05, 3.63) is 29.8 Å². The largest absolute Gasteiger partial charge is 0.311 e. The zero-order chi connectivity index (χ0) is 14.0. The first-order valence-electron chi connectivity index (χ1n) is 6.82. The van der Waals surface area contributed by atoms with Crippen LogP contribution in [0.2, 0.25) is 0 Å². The molecule has 0 radical (unpaired) electrons. The number of rotatable bonds is 3. The summed E-state index contributed by atoms with van der Waals surface area (Å²) < 4.78 is 0. The minimum Gasteiger partial charge on any atom is -0.311 e. The molecular formula is C16H20N2O. The summed E-state index contributed by atoms with van der Waals surface area (Å²) in [5.41, 5.74) is 1.26. The van der Waals surface area contributed by atoms with Gasteiger partial charge in [0.25, 0.3) is 0 Å². The van der Waals surface area contributed by atoms with E-state index in [0.717, 1.165) is 5.69 Å². The van der Waals surface area contributed by atoms with Gasteiger partial charge in [-0.15, -0.1) is 0 Å². The molecule has 1 fully saturated rings. The highest BCUT2D eigenvalue weighted by Crippen LogP contribution is 2.46. The van der Waals surface area contributed by atoms with E-state index in [1.165, 1.54) is 5.56 Å². The smallest absolute Gasteiger partial charge is 0.247 e. The molecule has 0 aromatic heterocycles. The molecule has 3 heteroatoms. The fraction of sp³-hybridized carbons (Fsp3) is 0.500. The van der Waals surface area contributed by atoms with E-state index in [9.17, 15) is 10.1 Å². The molecule has 0 bridgehead atoms. The molecule has 19 heavy (non-hydrogen) atoms. The Labute approximate surface area is 114 Å². The van der Waals surface area contributed by atoms with Gasteiger partial charge in [-0.25, -0.2) is 0 Å². The second kappa shape index (κ2) is 5.05. The Bertz CT molecular complexity index is 507. The standard InChI is InChI=1S/C16H20N2O/c1-4-18(14-7-5-12(2)6-8-14)15(19)16(11-17)9-13(3)10-16/h5-8,13H,4,9-10H2,1-3H3. The molecule has 1 saturated carbocycles. The molecule has 1 aliphatic rings. The highest BCUT2D eigenvalue weighted by molar-refractivity contribution is 6.00. The Morgan fingerprint density at radius 3 is 2.42 bits per heavy atom. The first kappa shape index (κ1) is 13.6. The molecule has 1 aromatic carbocycles. The Kier molecular flexibility index (Phi) is 3.61. The van der Waals surface area contributed by atoms with Crippen LogP contribution in [-0.2, 0) is 4.79 Å². The van der Waals surface area contributed by atoms with Crippen LogP contribution >= 0.6 is 0 Å². The summed E-state index contributed by atoms with van der Waals surface area (Å²) in [6, 6.07) is 10.1. The van der Waals surface area contributed by atoms with Crippen LogP contribution in [0.25, 0.3) is 0 Å². The summed E-state index contributed by atoms with van der Waals surface area (Å²) in [5.74, 6) is 0.430. The van der Waals surface area contributed by atoms with Crippen molar-refractivity contribution < 1.29 is 4.79 Å². The minimum atomic E-state index is -0.791. The van der Waals surface area contributed by atoms with E-state index in [0.29, 0.717) is 25.3 Å². The Morgan fingerprint density at radius 1 is 1.42 bits per heavy atom. The summed E-state index contributed by atoms with van der Waals surface area (Å²) in [5, 5.41) is 9.36. The van der Waals surface area contributed by atoms with E-state index in [-0.39, 0.29) is 5.91 Å². The van der Waals surface area contributed by atoms with Crippen LogP contribution in [-0.4, -0.2) is 12.5 Å². The van der Waals surface area contributed by atoms with E-state index in [1.54, 1.807) is 4.90 Å². The third-order valence-electron chi connectivity index (χ3n) is 3.92. The second-order valence-electron chi connectivity index (χ2n) is 5.59. The minimum absolute atomic E-state index is 0.0422. The average Bonchev–Trinajstić information content (AvgIpc) is 2.37. The van der Waals surface area contributed by atoms with Crippen molar-refractivity contribution in [1.82, 2.24) is 0 Å². The maximum Gasteiger partial charge on any atom is 0.247 e. The summed E-state index contributed by atoms with van der Waals surface area (Å²) in [6.45, 7) is 6.65. The van der Waals surface area contributed by atoms with Crippen molar-refractivity contribution in [3.63, 3.8) is 0 Å². The molecule has 2 rings (SSSR count). The van der Waals surface area contributed by atoms with Crippen molar-refractivity contribution in [2.45, 2.75) is 33.6 Å². The molecule has 3 nitrogen and oxygen atoms in total. The molecule has 0 heterocycles. The Morgan fingerprint density at radius 2 is 2.00 bits per heavy atom. The molecule has 1 amide bonds. The van der Waals surface area contributed by atoms with Crippen LogP contribution in [0.5, 0.6) is 0 Å². The first-order chi connectivity index (χ1) is 9.02. The van der Waals surface area contributed by atoms with Gasteiger partial charge >= 0.3 is 0 Å². The van der Waals surface area contributed by atoms with Crippen LogP contribution in [0.1, 0.15) is 32.3 Å². The van der Waals surface area contributed by atoms with Gasteiger partial charge in [0.05, 0.1) is 6.07 Å². The lowest BCUT2D eigenvalue weighted by Gasteiger charge is -2.42. The number of nitriles is 1. The topological polar surface area (TPSA) is 44.1 Å². The molecule has 1 aromatic rings. The number of carbonyl (C=O) groups is 1. The van der Waals surface area contributed by atoms with Crippen molar-refractivity contribution in [1.29, 1.82) is 5.26 Å². The normalized spacial score (nSPS) is 25.3. The quantitative estimate of drug-likeness (QED) is 0.833. The third-order valence-corrected chi connectivity index (χ3v) is 3.92. The summed E-state index contributed by atoms with van der Waals surface area (Å²) >= 11 is 0. The zero-order valence-electron chi connectivity index (χ0n) is 11.8. The van der Waals surface area contributed by atoms with Crippen molar-refractivity contribution in [3.8, 4) is 6.07 Å². The summed E-state index contributed by atoms with van der Waals surface area (Å²) in [6.07, 6.45) is 1.37. The van der Waals surface area contributed by atoms with Crippen molar-refractivity contribution >= 4 is 11.6 Å². The van der Waals surface area contributed by atoms with Crippen LogP contribution < -0.4 is 4.90 Å². The lowest BCUT2D eigenvalue weighted by atomic mass is 9.62. The lowest BCUT2D eigenvalue weighted by Crippen LogP contribution is -2.50. The van der Waals surface area contributed by atoms with Gasteiger partial charge in [0.1, 0.15) is 5.41 Å². The van der Waals surface area contributed by atoms with E-state index in [1.807, 2.05) is 38.1 Å². The summed E-state index contributed by atoms with van der Waals surface area (Å²) in [7, 11) is 0. The highest BCUT2D eigenvalue weighted by Gasteiger charge is 2.50. The molecule has 100 valence electrons. The maximum atomic E-state index is 12.6. The Balaban J connectivity index is 2.25. The SMILES string of the molecule is CCN(C(=O)C1(C#N)CC(C)C1)c1ccc(C)cc1. The van der Waals surface area contributed by atoms with E-state index in [2.05, 4.69) is 13.0 Å². The van der Waals surface area contributed by atoms with Gasteiger partial charge in [-0.2, -0.15) is 5.26 Å². The predicted molar refractivity (Wildman–Crippen MR) is 75.7 cm³/mol. The molecule has 0 atom stereocenters. The van der Waals surface area contributed by atoms with Gasteiger partial charge < -0.3 is 4.90 Å². The number of hydrogen-bond donors (Lipinski definition) is 0. The molecule has 0 saturated heterocycles. The van der Waals surface area contributed by atoms with Gasteiger partial charge in [-0.05, 0) is 44.7 Å². The predicted octanol–water partition coefficient (Wildman–Crippen LogP) is 3.29. The van der Waals surface area contributed by atoms with Gasteiger partial charge in [-0.3, -0.25) is 4.79 Å². The first-order valence-corrected chi connectivity index (χ1v) is 6.82. The van der Waals surface area contributed by atoms with Crippen LogP contribution in [0.3, 0.4) is 0 Å². The van der Waals surface area contributed by atoms with Gasteiger partial charge in [0.2, 0.25) is 5.91 Å². The third kappa shape index (κ3) is 2.35. The van der Waals surface area contributed by atoms with Gasteiger partial charge in [-0.1, -0.05) is 24.6 Å². The number of amides is 1. The fourth-order valence-electron chi connectivity index (χ4n) is 2.87. The van der Waals surface area contributed by atoms with Crippen molar-refractivity contribution in [2.75, 3.05) is 11.4 Å². The molecule has 1 aliphatic carbocycles. The number of nitrogens with zero attached hydrogens (tertiary/aromatic N) is 2. The van der Waals surface area contributed by atoms with Crippen LogP contribution in [0.4, 0.5) is 5.69 Å².